The Hall–Kier alpha value is -0.610. The van der Waals surface area contributed by atoms with Crippen molar-refractivity contribution in [1.82, 2.24) is 10.6 Å². The first kappa shape index (κ1) is 12.8. The number of hydrogen-bond donors (Lipinski definition) is 2. The van der Waals surface area contributed by atoms with E-state index in [-0.39, 0.29) is 5.91 Å². The maximum absolute atomic E-state index is 11.4. The van der Waals surface area contributed by atoms with Crippen molar-refractivity contribution in [3.63, 3.8) is 0 Å². The van der Waals surface area contributed by atoms with Gasteiger partial charge in [-0.1, -0.05) is 6.42 Å². The molecule has 2 unspecified atom stereocenters. The second-order valence-corrected chi connectivity index (χ2v) is 5.15. The van der Waals surface area contributed by atoms with Crippen LogP contribution in [0.15, 0.2) is 0 Å². The summed E-state index contributed by atoms with van der Waals surface area (Å²) in [6.07, 6.45) is 5.30. The lowest BCUT2D eigenvalue weighted by Crippen LogP contribution is -2.67. The molecule has 4 nitrogen and oxygen atoms in total. The number of nitrogens with one attached hydrogen (secondary N) is 2. The molecule has 1 amide bonds. The van der Waals surface area contributed by atoms with Crippen LogP contribution in [0.2, 0.25) is 0 Å². The third-order valence-corrected chi connectivity index (χ3v) is 4.32. The van der Waals surface area contributed by atoms with Crippen LogP contribution in [-0.2, 0) is 9.53 Å². The fraction of sp³-hybridized carbons (Fsp3) is 0.923. The lowest BCUT2D eigenvalue weighted by atomic mass is 9.51. The summed E-state index contributed by atoms with van der Waals surface area (Å²) in [4.78, 5) is 11.4. The van der Waals surface area contributed by atoms with Crippen LogP contribution in [0.4, 0.5) is 0 Å². The summed E-state index contributed by atoms with van der Waals surface area (Å²) in [6.45, 7) is 5.95. The van der Waals surface area contributed by atoms with E-state index < -0.39 is 0 Å². The molecule has 1 spiro atoms. The van der Waals surface area contributed by atoms with Gasteiger partial charge in [0.1, 0.15) is 0 Å². The van der Waals surface area contributed by atoms with Crippen LogP contribution in [-0.4, -0.2) is 37.7 Å². The van der Waals surface area contributed by atoms with E-state index in [0.29, 0.717) is 30.7 Å². The van der Waals surface area contributed by atoms with Crippen LogP contribution >= 0.6 is 0 Å². The summed E-state index contributed by atoms with van der Waals surface area (Å²) in [5.74, 6) is 0.0989. The molecule has 4 heteroatoms. The first-order valence-electron chi connectivity index (χ1n) is 6.84. The molecule has 2 N–H and O–H groups in total. The van der Waals surface area contributed by atoms with Gasteiger partial charge in [-0.05, 0) is 33.1 Å². The molecular weight excluding hydrogens is 216 g/mol. The normalized spacial score (nSPS) is 29.5. The van der Waals surface area contributed by atoms with Crippen molar-refractivity contribution in [2.75, 3.05) is 19.7 Å². The molecule has 0 aromatic rings. The van der Waals surface area contributed by atoms with Gasteiger partial charge >= 0.3 is 0 Å². The van der Waals surface area contributed by atoms with Crippen molar-refractivity contribution in [1.29, 1.82) is 0 Å². The topological polar surface area (TPSA) is 50.4 Å². The smallest absolute Gasteiger partial charge is 0.233 e. The van der Waals surface area contributed by atoms with Crippen LogP contribution in [0.5, 0.6) is 0 Å². The zero-order chi connectivity index (χ0) is 12.3. The summed E-state index contributed by atoms with van der Waals surface area (Å²) in [6, 6.07) is 0.482. The van der Waals surface area contributed by atoms with Gasteiger partial charge in [-0.2, -0.15) is 0 Å². The van der Waals surface area contributed by atoms with Crippen LogP contribution in [0, 0.1) is 5.41 Å². The number of ether oxygens (including phenoxy) is 1. The lowest BCUT2D eigenvalue weighted by Gasteiger charge is -2.61. The first-order valence-corrected chi connectivity index (χ1v) is 6.84. The highest BCUT2D eigenvalue weighted by Crippen LogP contribution is 2.57. The fourth-order valence-electron chi connectivity index (χ4n) is 3.20. The average Bonchev–Trinajstić information content (AvgIpc) is 2.20. The summed E-state index contributed by atoms with van der Waals surface area (Å²) in [5.41, 5.74) is 0.350. The molecule has 0 bridgehead atoms. The van der Waals surface area contributed by atoms with Crippen molar-refractivity contribution in [2.45, 2.75) is 51.7 Å². The van der Waals surface area contributed by atoms with E-state index in [2.05, 4.69) is 17.6 Å². The molecule has 0 aromatic heterocycles. The molecule has 0 heterocycles. The van der Waals surface area contributed by atoms with Gasteiger partial charge in [-0.15, -0.1) is 0 Å². The van der Waals surface area contributed by atoms with Gasteiger partial charge in [0.25, 0.3) is 0 Å². The molecule has 17 heavy (non-hydrogen) atoms. The minimum Gasteiger partial charge on any atom is -0.378 e. The zero-order valence-corrected chi connectivity index (χ0v) is 10.9. The molecule has 2 rings (SSSR count). The van der Waals surface area contributed by atoms with Gasteiger partial charge in [0.15, 0.2) is 0 Å². The third kappa shape index (κ3) is 2.33. The predicted octanol–water partition coefficient (Wildman–Crippen LogP) is 1.06. The minimum atomic E-state index is 0.0989. The van der Waals surface area contributed by atoms with Crippen LogP contribution < -0.4 is 10.6 Å². The van der Waals surface area contributed by atoms with Gasteiger partial charge in [-0.3, -0.25) is 4.79 Å². The van der Waals surface area contributed by atoms with Gasteiger partial charge in [0.05, 0.1) is 12.6 Å². The second-order valence-electron chi connectivity index (χ2n) is 5.15. The quantitative estimate of drug-likeness (QED) is 0.730. The van der Waals surface area contributed by atoms with E-state index in [1.54, 1.807) is 0 Å². The van der Waals surface area contributed by atoms with Gasteiger partial charge < -0.3 is 15.4 Å². The highest BCUT2D eigenvalue weighted by molar-refractivity contribution is 5.77. The summed E-state index contributed by atoms with van der Waals surface area (Å²) in [7, 11) is 0. The van der Waals surface area contributed by atoms with E-state index >= 15 is 0 Å². The van der Waals surface area contributed by atoms with Crippen LogP contribution in [0.3, 0.4) is 0 Å². The van der Waals surface area contributed by atoms with Crippen molar-refractivity contribution in [3.05, 3.63) is 0 Å². The molecule has 2 aliphatic carbocycles. The maximum atomic E-state index is 11.4. The highest BCUT2D eigenvalue weighted by atomic mass is 16.5. The van der Waals surface area contributed by atoms with Crippen LogP contribution in [0.25, 0.3) is 0 Å². The van der Waals surface area contributed by atoms with Crippen molar-refractivity contribution < 1.29 is 9.53 Å². The molecule has 98 valence electrons. The summed E-state index contributed by atoms with van der Waals surface area (Å²) >= 11 is 0. The summed E-state index contributed by atoms with van der Waals surface area (Å²) in [5, 5.41) is 6.21. The number of hydrogen-bond acceptors (Lipinski definition) is 3. The molecule has 2 fully saturated rings. The monoisotopic (exact) mass is 240 g/mol. The van der Waals surface area contributed by atoms with E-state index in [1.165, 1.54) is 19.3 Å². The van der Waals surface area contributed by atoms with E-state index in [1.807, 2.05) is 6.92 Å². The molecule has 0 saturated heterocycles. The minimum absolute atomic E-state index is 0.0989. The molecular formula is C13H24N2O2. The number of rotatable bonds is 6. The number of carbonyl (C=O) groups is 1. The Labute approximate surface area is 103 Å². The molecule has 0 radical (unpaired) electrons. The Bertz CT molecular complexity index is 277. The molecule has 2 atom stereocenters. The first-order chi connectivity index (χ1) is 8.23. The molecule has 2 saturated carbocycles. The number of likely N-dealkylation sites (N-methyl/N-ethyl adjacent to an activating group) is 1. The number of amides is 1. The maximum Gasteiger partial charge on any atom is 0.233 e. The Morgan fingerprint density at radius 2 is 2.18 bits per heavy atom. The van der Waals surface area contributed by atoms with Crippen molar-refractivity contribution in [3.8, 4) is 0 Å². The molecule has 2 aliphatic rings. The van der Waals surface area contributed by atoms with E-state index in [0.717, 1.165) is 13.0 Å². The predicted molar refractivity (Wildman–Crippen MR) is 66.8 cm³/mol. The Morgan fingerprint density at radius 1 is 1.41 bits per heavy atom. The summed E-state index contributed by atoms with van der Waals surface area (Å²) < 4.78 is 5.78. The number of carbonyl (C=O) groups excluding carboxylic acids is 1. The van der Waals surface area contributed by atoms with Crippen molar-refractivity contribution in [2.24, 2.45) is 5.41 Å². The Kier molecular flexibility index (Phi) is 4.05. The largest absolute Gasteiger partial charge is 0.378 e. The van der Waals surface area contributed by atoms with Gasteiger partial charge in [0.2, 0.25) is 5.91 Å². The second kappa shape index (κ2) is 5.36. The standard InChI is InChI=1S/C13H24N2O2/c1-3-14-12(16)9-15-10-8-11(17-4-2)13(10)6-5-7-13/h10-11,15H,3-9H2,1-2H3,(H,14,16). The highest BCUT2D eigenvalue weighted by Gasteiger charge is 2.58. The van der Waals surface area contributed by atoms with Crippen LogP contribution in [0.1, 0.15) is 39.5 Å². The third-order valence-electron chi connectivity index (χ3n) is 4.32. The van der Waals surface area contributed by atoms with Crippen molar-refractivity contribution >= 4 is 5.91 Å². The fourth-order valence-corrected chi connectivity index (χ4v) is 3.20. The van der Waals surface area contributed by atoms with E-state index in [9.17, 15) is 4.79 Å². The van der Waals surface area contributed by atoms with E-state index in [4.69, 9.17) is 4.74 Å². The Balaban J connectivity index is 1.77. The molecule has 0 aliphatic heterocycles. The average molecular weight is 240 g/mol. The lowest BCUT2D eigenvalue weighted by molar-refractivity contribution is -0.173. The van der Waals surface area contributed by atoms with Gasteiger partial charge in [0, 0.05) is 24.6 Å². The molecule has 0 aromatic carbocycles. The zero-order valence-electron chi connectivity index (χ0n) is 10.9. The van der Waals surface area contributed by atoms with Gasteiger partial charge in [-0.25, -0.2) is 0 Å². The Morgan fingerprint density at radius 3 is 2.71 bits per heavy atom. The SMILES string of the molecule is CCNC(=O)CNC1CC(OCC)C12CCC2.